The molecule has 1 aliphatic carbocycles. The summed E-state index contributed by atoms with van der Waals surface area (Å²) in [6.07, 6.45) is 4.27. The highest BCUT2D eigenvalue weighted by atomic mass is 19.1. The Hall–Kier alpha value is -1.58. The summed E-state index contributed by atoms with van der Waals surface area (Å²) in [4.78, 5) is 13.9. The molecular weight excluding hydrogens is 269 g/mol. The highest BCUT2D eigenvalue weighted by Crippen LogP contribution is 2.42. The van der Waals surface area contributed by atoms with E-state index in [0.717, 1.165) is 49.9 Å². The van der Waals surface area contributed by atoms with Gasteiger partial charge in [-0.2, -0.15) is 0 Å². The van der Waals surface area contributed by atoms with Crippen molar-refractivity contribution in [2.75, 3.05) is 18.0 Å². The van der Waals surface area contributed by atoms with Gasteiger partial charge in [0.05, 0.1) is 5.41 Å². The summed E-state index contributed by atoms with van der Waals surface area (Å²) in [5, 5.41) is 9.74. The Bertz CT molecular complexity index is 550. The van der Waals surface area contributed by atoms with Crippen LogP contribution in [0.5, 0.6) is 0 Å². The normalized spacial score (nSPS) is 28.5. The van der Waals surface area contributed by atoms with Crippen molar-refractivity contribution in [2.24, 2.45) is 11.3 Å². The number of carboxylic acids is 1. The molecule has 1 fully saturated rings. The van der Waals surface area contributed by atoms with Gasteiger partial charge >= 0.3 is 5.97 Å². The van der Waals surface area contributed by atoms with E-state index < -0.39 is 11.4 Å². The molecule has 3 rings (SSSR count). The first kappa shape index (κ1) is 14.4. The molecule has 2 aliphatic rings. The summed E-state index contributed by atoms with van der Waals surface area (Å²) < 4.78 is 13.5. The molecule has 0 saturated heterocycles. The number of fused-ring (bicyclic) bond motifs is 1. The second-order valence-corrected chi connectivity index (χ2v) is 6.71. The predicted octanol–water partition coefficient (Wildman–Crippen LogP) is 3.47. The summed E-state index contributed by atoms with van der Waals surface area (Å²) >= 11 is 0. The maximum atomic E-state index is 13.5. The molecule has 1 aromatic rings. The van der Waals surface area contributed by atoms with Crippen LogP contribution in [0.25, 0.3) is 0 Å². The Kier molecular flexibility index (Phi) is 3.64. The van der Waals surface area contributed by atoms with Crippen molar-refractivity contribution in [2.45, 2.75) is 39.0 Å². The number of carboxylic acid groups (broad SMARTS) is 1. The molecule has 3 nitrogen and oxygen atoms in total. The molecule has 0 atom stereocenters. The van der Waals surface area contributed by atoms with E-state index in [4.69, 9.17) is 0 Å². The third-order valence-electron chi connectivity index (χ3n) is 5.22. The van der Waals surface area contributed by atoms with Crippen molar-refractivity contribution >= 4 is 11.7 Å². The van der Waals surface area contributed by atoms with E-state index >= 15 is 0 Å². The van der Waals surface area contributed by atoms with Crippen LogP contribution in [0.2, 0.25) is 0 Å². The smallest absolute Gasteiger partial charge is 0.311 e. The number of rotatable bonds is 3. The number of benzene rings is 1. The van der Waals surface area contributed by atoms with Crippen LogP contribution in [0.15, 0.2) is 18.2 Å². The first-order valence-electron chi connectivity index (χ1n) is 7.77. The van der Waals surface area contributed by atoms with Crippen molar-refractivity contribution in [1.29, 1.82) is 0 Å². The maximum Gasteiger partial charge on any atom is 0.311 e. The number of hydrogen-bond acceptors (Lipinski definition) is 2. The van der Waals surface area contributed by atoms with E-state index in [1.165, 1.54) is 6.07 Å². The van der Waals surface area contributed by atoms with E-state index in [2.05, 4.69) is 11.8 Å². The zero-order valence-corrected chi connectivity index (χ0v) is 12.4. The van der Waals surface area contributed by atoms with Gasteiger partial charge in [0.2, 0.25) is 0 Å². The van der Waals surface area contributed by atoms with Gasteiger partial charge in [-0.15, -0.1) is 0 Å². The fourth-order valence-electron chi connectivity index (χ4n) is 3.70. The fourth-order valence-corrected chi connectivity index (χ4v) is 3.70. The van der Waals surface area contributed by atoms with Crippen LogP contribution < -0.4 is 4.90 Å². The zero-order valence-electron chi connectivity index (χ0n) is 12.4. The van der Waals surface area contributed by atoms with Crippen LogP contribution >= 0.6 is 0 Å². The average Bonchev–Trinajstić information content (AvgIpc) is 2.84. The highest BCUT2D eigenvalue weighted by molar-refractivity contribution is 5.76. The van der Waals surface area contributed by atoms with E-state index in [1.807, 2.05) is 6.07 Å². The Morgan fingerprint density at radius 3 is 2.81 bits per heavy atom. The third-order valence-corrected chi connectivity index (χ3v) is 5.22. The molecule has 0 amide bonds. The molecule has 0 aromatic heterocycles. The largest absolute Gasteiger partial charge is 0.481 e. The van der Waals surface area contributed by atoms with Crippen molar-refractivity contribution in [3.8, 4) is 0 Å². The van der Waals surface area contributed by atoms with Gasteiger partial charge < -0.3 is 10.0 Å². The highest BCUT2D eigenvalue weighted by Gasteiger charge is 2.43. The van der Waals surface area contributed by atoms with Crippen molar-refractivity contribution in [3.63, 3.8) is 0 Å². The Morgan fingerprint density at radius 1 is 1.43 bits per heavy atom. The van der Waals surface area contributed by atoms with Crippen LogP contribution in [-0.4, -0.2) is 24.2 Å². The summed E-state index contributed by atoms with van der Waals surface area (Å²) in [7, 11) is 0. The SMILES string of the molecule is CC1CCC(CN2CCc3ccc(F)cc32)(C(=O)O)CC1. The molecule has 1 N–H and O–H groups in total. The van der Waals surface area contributed by atoms with Crippen LogP contribution in [-0.2, 0) is 11.2 Å². The molecule has 0 unspecified atom stereocenters. The van der Waals surface area contributed by atoms with E-state index in [0.29, 0.717) is 12.5 Å². The number of aliphatic carboxylic acids is 1. The summed E-state index contributed by atoms with van der Waals surface area (Å²) in [6.45, 7) is 3.49. The standard InChI is InChI=1S/C17H22FNO2/c1-12-4-7-17(8-5-12,16(20)21)11-19-9-6-13-2-3-14(18)10-15(13)19/h2-3,10,12H,4-9,11H2,1H3,(H,20,21). The minimum atomic E-state index is -0.695. The Labute approximate surface area is 124 Å². The van der Waals surface area contributed by atoms with Crippen molar-refractivity contribution in [1.82, 2.24) is 0 Å². The molecule has 0 radical (unpaired) electrons. The predicted molar refractivity (Wildman–Crippen MR) is 80.0 cm³/mol. The minimum absolute atomic E-state index is 0.248. The lowest BCUT2D eigenvalue weighted by Crippen LogP contribution is -2.45. The summed E-state index contributed by atoms with van der Waals surface area (Å²) in [6, 6.07) is 4.85. The molecule has 4 heteroatoms. The first-order valence-corrected chi connectivity index (χ1v) is 7.77. The van der Waals surface area contributed by atoms with Gasteiger partial charge in [-0.3, -0.25) is 4.79 Å². The molecule has 1 saturated carbocycles. The average molecular weight is 291 g/mol. The molecule has 1 aromatic carbocycles. The zero-order chi connectivity index (χ0) is 15.0. The Balaban J connectivity index is 1.83. The maximum absolute atomic E-state index is 13.5. The minimum Gasteiger partial charge on any atom is -0.481 e. The van der Waals surface area contributed by atoms with Gasteiger partial charge in [-0.25, -0.2) is 4.39 Å². The van der Waals surface area contributed by atoms with Crippen LogP contribution in [0, 0.1) is 17.2 Å². The number of hydrogen-bond donors (Lipinski definition) is 1. The lowest BCUT2D eigenvalue weighted by Gasteiger charge is -2.39. The topological polar surface area (TPSA) is 40.5 Å². The van der Waals surface area contributed by atoms with Gasteiger partial charge in [0, 0.05) is 18.8 Å². The molecule has 0 spiro atoms. The third kappa shape index (κ3) is 2.63. The van der Waals surface area contributed by atoms with Gasteiger partial charge in [0.15, 0.2) is 0 Å². The molecular formula is C17H22FNO2. The number of carbonyl (C=O) groups is 1. The van der Waals surface area contributed by atoms with E-state index in [1.54, 1.807) is 6.07 Å². The second-order valence-electron chi connectivity index (χ2n) is 6.71. The Morgan fingerprint density at radius 2 is 2.14 bits per heavy atom. The number of nitrogens with zero attached hydrogens (tertiary/aromatic N) is 1. The lowest BCUT2D eigenvalue weighted by molar-refractivity contribution is -0.150. The van der Waals surface area contributed by atoms with E-state index in [9.17, 15) is 14.3 Å². The van der Waals surface area contributed by atoms with Gasteiger partial charge in [0.25, 0.3) is 0 Å². The first-order chi connectivity index (χ1) is 10.00. The van der Waals surface area contributed by atoms with Gasteiger partial charge in [-0.05, 0) is 55.7 Å². The molecule has 1 aliphatic heterocycles. The van der Waals surface area contributed by atoms with Gasteiger partial charge in [0.1, 0.15) is 5.82 Å². The lowest BCUT2D eigenvalue weighted by atomic mass is 9.70. The molecule has 0 bridgehead atoms. The number of anilines is 1. The monoisotopic (exact) mass is 291 g/mol. The molecule has 1 heterocycles. The second kappa shape index (κ2) is 5.32. The van der Waals surface area contributed by atoms with Gasteiger partial charge in [-0.1, -0.05) is 13.0 Å². The van der Waals surface area contributed by atoms with Crippen molar-refractivity contribution < 1.29 is 14.3 Å². The fraction of sp³-hybridized carbons (Fsp3) is 0.588. The van der Waals surface area contributed by atoms with Crippen LogP contribution in [0.1, 0.15) is 38.2 Å². The molecule has 21 heavy (non-hydrogen) atoms. The van der Waals surface area contributed by atoms with Crippen LogP contribution in [0.4, 0.5) is 10.1 Å². The quantitative estimate of drug-likeness (QED) is 0.927. The number of halogens is 1. The summed E-state index contributed by atoms with van der Waals surface area (Å²) in [5.74, 6) is -0.331. The summed E-state index contributed by atoms with van der Waals surface area (Å²) in [5.41, 5.74) is 1.34. The van der Waals surface area contributed by atoms with E-state index in [-0.39, 0.29) is 5.82 Å². The van der Waals surface area contributed by atoms with Crippen molar-refractivity contribution in [3.05, 3.63) is 29.6 Å². The molecule has 114 valence electrons. The van der Waals surface area contributed by atoms with Crippen LogP contribution in [0.3, 0.4) is 0 Å².